The highest BCUT2D eigenvalue weighted by molar-refractivity contribution is 6.04. The predicted molar refractivity (Wildman–Crippen MR) is 77.2 cm³/mol. The molecule has 1 amide bonds. The van der Waals surface area contributed by atoms with Gasteiger partial charge in [0, 0.05) is 23.6 Å². The van der Waals surface area contributed by atoms with Gasteiger partial charge < -0.3 is 10.1 Å². The van der Waals surface area contributed by atoms with Crippen LogP contribution in [0.15, 0.2) is 42.7 Å². The van der Waals surface area contributed by atoms with Crippen LogP contribution in [-0.4, -0.2) is 17.5 Å². The van der Waals surface area contributed by atoms with Gasteiger partial charge in [0.2, 0.25) is 0 Å². The number of carbonyl (C=O) groups excluding carboxylic acids is 1. The van der Waals surface area contributed by atoms with Crippen LogP contribution in [0.4, 0.5) is 5.69 Å². The number of amides is 1. The van der Waals surface area contributed by atoms with Gasteiger partial charge in [-0.2, -0.15) is 0 Å². The molecule has 3 rings (SSSR count). The first-order valence-corrected chi connectivity index (χ1v) is 6.72. The number of nitrogens with one attached hydrogen (secondary N) is 1. The van der Waals surface area contributed by atoms with E-state index in [2.05, 4.69) is 17.2 Å². The molecule has 1 atom stereocenters. The van der Waals surface area contributed by atoms with Gasteiger partial charge in [0.15, 0.2) is 0 Å². The summed E-state index contributed by atoms with van der Waals surface area (Å²) < 4.78 is 5.64. The molecule has 1 aromatic heterocycles. The van der Waals surface area contributed by atoms with E-state index in [9.17, 15) is 4.79 Å². The van der Waals surface area contributed by atoms with Gasteiger partial charge >= 0.3 is 0 Å². The number of hydrogen-bond acceptors (Lipinski definition) is 3. The number of benzene rings is 1. The van der Waals surface area contributed by atoms with E-state index in [0.717, 1.165) is 17.9 Å². The smallest absolute Gasteiger partial charge is 0.255 e. The monoisotopic (exact) mass is 268 g/mol. The summed E-state index contributed by atoms with van der Waals surface area (Å²) in [5, 5.41) is 2.84. The zero-order chi connectivity index (χ0) is 13.9. The Hall–Kier alpha value is -2.36. The number of pyridine rings is 1. The number of aromatic nitrogens is 1. The van der Waals surface area contributed by atoms with Crippen LogP contribution in [0.5, 0.6) is 5.75 Å². The zero-order valence-electron chi connectivity index (χ0n) is 11.3. The highest BCUT2D eigenvalue weighted by Gasteiger charge is 2.19. The first-order valence-electron chi connectivity index (χ1n) is 6.72. The van der Waals surface area contributed by atoms with Crippen LogP contribution in [0.25, 0.3) is 0 Å². The van der Waals surface area contributed by atoms with E-state index < -0.39 is 0 Å². The van der Waals surface area contributed by atoms with Crippen molar-refractivity contribution in [2.24, 2.45) is 0 Å². The lowest BCUT2D eigenvalue weighted by Crippen LogP contribution is -2.15. The van der Waals surface area contributed by atoms with Crippen molar-refractivity contribution in [1.82, 2.24) is 4.98 Å². The van der Waals surface area contributed by atoms with Crippen molar-refractivity contribution in [2.45, 2.75) is 19.3 Å². The van der Waals surface area contributed by atoms with E-state index in [4.69, 9.17) is 4.74 Å². The summed E-state index contributed by atoms with van der Waals surface area (Å²) in [4.78, 5) is 16.1. The lowest BCUT2D eigenvalue weighted by molar-refractivity contribution is 0.102. The van der Waals surface area contributed by atoms with Gasteiger partial charge in [0.1, 0.15) is 5.75 Å². The van der Waals surface area contributed by atoms with Crippen LogP contribution in [0, 0.1) is 0 Å². The quantitative estimate of drug-likeness (QED) is 0.909. The largest absolute Gasteiger partial charge is 0.493 e. The molecule has 1 N–H and O–H groups in total. The second-order valence-corrected chi connectivity index (χ2v) is 4.98. The number of anilines is 1. The molecule has 4 nitrogen and oxygen atoms in total. The molecule has 2 heterocycles. The van der Waals surface area contributed by atoms with Crippen LogP contribution < -0.4 is 10.1 Å². The molecular weight excluding hydrogens is 252 g/mol. The average molecular weight is 268 g/mol. The minimum atomic E-state index is -0.138. The number of ether oxygens (including phenoxy) is 1. The van der Waals surface area contributed by atoms with E-state index >= 15 is 0 Å². The third-order valence-electron chi connectivity index (χ3n) is 3.55. The minimum Gasteiger partial charge on any atom is -0.493 e. The van der Waals surface area contributed by atoms with Gasteiger partial charge in [-0.25, -0.2) is 0 Å². The molecule has 1 aliphatic rings. The normalized spacial score (nSPS) is 16.9. The molecule has 20 heavy (non-hydrogen) atoms. The Kier molecular flexibility index (Phi) is 3.37. The minimum absolute atomic E-state index is 0.138. The summed E-state index contributed by atoms with van der Waals surface area (Å²) in [5.41, 5.74) is 2.52. The number of fused-ring (bicyclic) bond motifs is 1. The molecule has 4 heteroatoms. The molecule has 0 aliphatic carbocycles. The highest BCUT2D eigenvalue weighted by atomic mass is 16.5. The molecule has 0 spiro atoms. The molecule has 2 aromatic rings. The third kappa shape index (κ3) is 2.50. The van der Waals surface area contributed by atoms with E-state index in [0.29, 0.717) is 18.1 Å². The van der Waals surface area contributed by atoms with Crippen molar-refractivity contribution in [3.8, 4) is 5.75 Å². The molecule has 1 unspecified atom stereocenters. The second-order valence-electron chi connectivity index (χ2n) is 4.98. The first-order chi connectivity index (χ1) is 9.74. The molecule has 0 bridgehead atoms. The number of carbonyl (C=O) groups is 1. The van der Waals surface area contributed by atoms with Crippen molar-refractivity contribution < 1.29 is 9.53 Å². The fraction of sp³-hybridized carbons (Fsp3) is 0.250. The molecule has 0 saturated carbocycles. The fourth-order valence-corrected chi connectivity index (χ4v) is 2.35. The standard InChI is InChI=1S/C16H16N2O2/c1-11-6-9-20-15-10-12(2-3-14(11)15)16(19)18-13-4-7-17-8-5-13/h2-5,7-8,10-11H,6,9H2,1H3,(H,17,18,19). The number of rotatable bonds is 2. The number of hydrogen-bond donors (Lipinski definition) is 1. The maximum atomic E-state index is 12.2. The number of nitrogens with zero attached hydrogens (tertiary/aromatic N) is 1. The van der Waals surface area contributed by atoms with E-state index in [1.54, 1.807) is 24.5 Å². The van der Waals surface area contributed by atoms with Crippen molar-refractivity contribution in [1.29, 1.82) is 0 Å². The topological polar surface area (TPSA) is 51.2 Å². The summed E-state index contributed by atoms with van der Waals surface area (Å²) in [5.74, 6) is 1.17. The van der Waals surface area contributed by atoms with Gasteiger partial charge in [-0.1, -0.05) is 13.0 Å². The summed E-state index contributed by atoms with van der Waals surface area (Å²) in [7, 11) is 0. The lowest BCUT2D eigenvalue weighted by Gasteiger charge is -2.23. The average Bonchev–Trinajstić information content (AvgIpc) is 2.48. The van der Waals surface area contributed by atoms with Crippen molar-refractivity contribution in [3.05, 3.63) is 53.9 Å². The SMILES string of the molecule is CC1CCOc2cc(C(=O)Nc3ccncc3)ccc21. The van der Waals surface area contributed by atoms with Crippen molar-refractivity contribution in [3.63, 3.8) is 0 Å². The van der Waals surface area contributed by atoms with E-state index in [1.165, 1.54) is 5.56 Å². The molecule has 1 aromatic carbocycles. The van der Waals surface area contributed by atoms with Crippen LogP contribution in [-0.2, 0) is 0 Å². The Morgan fingerprint density at radius 1 is 1.30 bits per heavy atom. The molecule has 0 radical (unpaired) electrons. The van der Waals surface area contributed by atoms with Crippen LogP contribution in [0.3, 0.4) is 0 Å². The summed E-state index contributed by atoms with van der Waals surface area (Å²) in [6, 6.07) is 9.17. The van der Waals surface area contributed by atoms with Crippen molar-refractivity contribution >= 4 is 11.6 Å². The Labute approximate surface area is 117 Å². The maximum Gasteiger partial charge on any atom is 0.255 e. The van der Waals surface area contributed by atoms with Gasteiger partial charge in [-0.15, -0.1) is 0 Å². The first kappa shape index (κ1) is 12.7. The summed E-state index contributed by atoms with van der Waals surface area (Å²) >= 11 is 0. The fourth-order valence-electron chi connectivity index (χ4n) is 2.35. The highest BCUT2D eigenvalue weighted by Crippen LogP contribution is 2.33. The van der Waals surface area contributed by atoms with E-state index in [-0.39, 0.29) is 5.91 Å². The Morgan fingerprint density at radius 2 is 2.10 bits per heavy atom. The molecule has 0 saturated heterocycles. The van der Waals surface area contributed by atoms with Gasteiger partial charge in [0.05, 0.1) is 6.61 Å². The van der Waals surface area contributed by atoms with Crippen LogP contribution in [0.2, 0.25) is 0 Å². The predicted octanol–water partition coefficient (Wildman–Crippen LogP) is 3.22. The van der Waals surface area contributed by atoms with Gasteiger partial charge in [0.25, 0.3) is 5.91 Å². The lowest BCUT2D eigenvalue weighted by atomic mass is 9.94. The molecular formula is C16H16N2O2. The van der Waals surface area contributed by atoms with Crippen LogP contribution >= 0.6 is 0 Å². The van der Waals surface area contributed by atoms with Gasteiger partial charge in [-0.05, 0) is 42.2 Å². The van der Waals surface area contributed by atoms with Gasteiger partial charge in [-0.3, -0.25) is 9.78 Å². The maximum absolute atomic E-state index is 12.2. The molecule has 0 fully saturated rings. The summed E-state index contributed by atoms with van der Waals surface area (Å²) in [6.07, 6.45) is 4.32. The van der Waals surface area contributed by atoms with Crippen molar-refractivity contribution in [2.75, 3.05) is 11.9 Å². The Balaban J connectivity index is 1.82. The Bertz CT molecular complexity index is 626. The summed E-state index contributed by atoms with van der Waals surface area (Å²) in [6.45, 7) is 2.89. The zero-order valence-corrected chi connectivity index (χ0v) is 11.3. The molecule has 1 aliphatic heterocycles. The van der Waals surface area contributed by atoms with E-state index in [1.807, 2.05) is 18.2 Å². The third-order valence-corrected chi connectivity index (χ3v) is 3.55. The van der Waals surface area contributed by atoms with Crippen LogP contribution in [0.1, 0.15) is 35.2 Å². The Morgan fingerprint density at radius 3 is 2.90 bits per heavy atom. The molecule has 102 valence electrons. The second kappa shape index (κ2) is 5.33.